The molecule has 0 bridgehead atoms. The van der Waals surface area contributed by atoms with Gasteiger partial charge in [0.2, 0.25) is 5.75 Å². The number of nitrogens with zero attached hydrogens (tertiary/aromatic N) is 2. The summed E-state index contributed by atoms with van der Waals surface area (Å²) < 4.78 is 18.2. The minimum atomic E-state index is -0.202. The summed E-state index contributed by atoms with van der Waals surface area (Å²) >= 11 is 1.50. The Hall–Kier alpha value is -3.45. The second-order valence-electron chi connectivity index (χ2n) is 7.19. The summed E-state index contributed by atoms with van der Waals surface area (Å²) in [7, 11) is 4.59. The van der Waals surface area contributed by atoms with E-state index in [9.17, 15) is 4.79 Å². The Labute approximate surface area is 190 Å². The molecule has 0 aliphatic heterocycles. The average Bonchev–Trinajstić information content (AvgIpc) is 2.82. The van der Waals surface area contributed by atoms with Gasteiger partial charge in [-0.25, -0.2) is 4.98 Å². The van der Waals surface area contributed by atoms with Crippen molar-refractivity contribution in [1.29, 1.82) is 0 Å². The van der Waals surface area contributed by atoms with Gasteiger partial charge in [-0.2, -0.15) is 0 Å². The van der Waals surface area contributed by atoms with Crippen LogP contribution in [0.25, 0.3) is 16.6 Å². The fourth-order valence-corrected chi connectivity index (χ4v) is 4.57. The van der Waals surface area contributed by atoms with E-state index >= 15 is 0 Å². The molecule has 4 rings (SSSR count). The summed E-state index contributed by atoms with van der Waals surface area (Å²) in [5, 5.41) is 0.962. The number of aromatic nitrogens is 2. The third kappa shape index (κ3) is 4.03. The maximum Gasteiger partial charge on any atom is 0.266 e. The third-order valence-electron chi connectivity index (χ3n) is 5.10. The third-order valence-corrected chi connectivity index (χ3v) is 6.11. The van der Waals surface area contributed by atoms with Crippen LogP contribution >= 0.6 is 11.8 Å². The quantitative estimate of drug-likeness (QED) is 0.292. The van der Waals surface area contributed by atoms with Crippen LogP contribution in [0, 0.1) is 6.92 Å². The SMILES string of the molecule is COc1cc2c(=O)n(-c3ccccc3)c(SCc3cccc(C)c3)nc2c(OC)c1OC. The second-order valence-corrected chi connectivity index (χ2v) is 8.13. The van der Waals surface area contributed by atoms with Crippen LogP contribution in [0.3, 0.4) is 0 Å². The Morgan fingerprint density at radius 1 is 0.906 bits per heavy atom. The minimum Gasteiger partial charge on any atom is -0.493 e. The molecule has 1 aromatic heterocycles. The lowest BCUT2D eigenvalue weighted by Gasteiger charge is -2.17. The first-order valence-electron chi connectivity index (χ1n) is 10.1. The minimum absolute atomic E-state index is 0.202. The van der Waals surface area contributed by atoms with Crippen LogP contribution in [-0.4, -0.2) is 30.9 Å². The number of methoxy groups -OCH3 is 3. The predicted octanol–water partition coefficient (Wildman–Crippen LogP) is 5.01. The first-order valence-corrected chi connectivity index (χ1v) is 11.1. The lowest BCUT2D eigenvalue weighted by Crippen LogP contribution is -2.22. The van der Waals surface area contributed by atoms with Gasteiger partial charge in [0.05, 0.1) is 32.4 Å². The summed E-state index contributed by atoms with van der Waals surface area (Å²) in [6.07, 6.45) is 0. The highest BCUT2D eigenvalue weighted by Crippen LogP contribution is 2.42. The molecule has 0 N–H and O–H groups in total. The van der Waals surface area contributed by atoms with Gasteiger partial charge in [0.1, 0.15) is 5.52 Å². The topological polar surface area (TPSA) is 62.6 Å². The highest BCUT2D eigenvalue weighted by Gasteiger charge is 2.22. The number of aryl methyl sites for hydroxylation is 1. The van der Waals surface area contributed by atoms with Gasteiger partial charge in [-0.15, -0.1) is 0 Å². The Balaban J connectivity index is 1.96. The van der Waals surface area contributed by atoms with E-state index in [2.05, 4.69) is 25.1 Å². The highest BCUT2D eigenvalue weighted by atomic mass is 32.2. The van der Waals surface area contributed by atoms with Crippen LogP contribution in [0.15, 0.2) is 70.6 Å². The molecule has 0 spiro atoms. The molecule has 4 aromatic rings. The average molecular weight is 449 g/mol. The Kier molecular flexibility index (Phi) is 6.37. The molecule has 0 unspecified atom stereocenters. The zero-order valence-electron chi connectivity index (χ0n) is 18.4. The smallest absolute Gasteiger partial charge is 0.266 e. The van der Waals surface area contributed by atoms with Crippen molar-refractivity contribution in [3.8, 4) is 22.9 Å². The van der Waals surface area contributed by atoms with Crippen molar-refractivity contribution in [2.24, 2.45) is 0 Å². The van der Waals surface area contributed by atoms with Crippen LogP contribution in [0.1, 0.15) is 11.1 Å². The Bertz CT molecular complexity index is 1320. The van der Waals surface area contributed by atoms with Crippen molar-refractivity contribution < 1.29 is 14.2 Å². The molecule has 0 aliphatic carbocycles. The van der Waals surface area contributed by atoms with Crippen LogP contribution < -0.4 is 19.8 Å². The largest absolute Gasteiger partial charge is 0.493 e. The standard InChI is InChI=1S/C25H24N2O4S/c1-16-9-8-10-17(13-16)15-32-25-26-21-19(14-20(29-2)22(30-3)23(21)31-4)24(28)27(25)18-11-6-5-7-12-18/h5-14H,15H2,1-4H3. The van der Waals surface area contributed by atoms with Crippen LogP contribution in [0.2, 0.25) is 0 Å². The van der Waals surface area contributed by atoms with Gasteiger partial charge in [-0.05, 0) is 30.7 Å². The Morgan fingerprint density at radius 3 is 2.31 bits per heavy atom. The molecule has 0 amide bonds. The molecule has 0 radical (unpaired) electrons. The molecular weight excluding hydrogens is 424 g/mol. The van der Waals surface area contributed by atoms with E-state index < -0.39 is 0 Å². The molecule has 0 saturated carbocycles. The van der Waals surface area contributed by atoms with E-state index in [1.165, 1.54) is 38.7 Å². The number of hydrogen-bond donors (Lipinski definition) is 0. The Morgan fingerprint density at radius 2 is 1.66 bits per heavy atom. The van der Waals surface area contributed by atoms with E-state index in [0.717, 1.165) is 11.3 Å². The summed E-state index contributed by atoms with van der Waals surface area (Å²) in [6.45, 7) is 2.06. The summed E-state index contributed by atoms with van der Waals surface area (Å²) in [5.41, 5.74) is 3.32. The van der Waals surface area contributed by atoms with Crippen LogP contribution in [0.5, 0.6) is 17.2 Å². The molecule has 6 nitrogen and oxygen atoms in total. The molecular formula is C25H24N2O4S. The summed E-state index contributed by atoms with van der Waals surface area (Å²) in [4.78, 5) is 18.6. The number of fused-ring (bicyclic) bond motifs is 1. The van der Waals surface area contributed by atoms with Crippen molar-refractivity contribution in [1.82, 2.24) is 9.55 Å². The fourth-order valence-electron chi connectivity index (χ4n) is 3.62. The van der Waals surface area contributed by atoms with E-state index in [0.29, 0.717) is 39.1 Å². The highest BCUT2D eigenvalue weighted by molar-refractivity contribution is 7.98. The van der Waals surface area contributed by atoms with Gasteiger partial charge >= 0.3 is 0 Å². The molecule has 0 saturated heterocycles. The van der Waals surface area contributed by atoms with Gasteiger partial charge in [-0.1, -0.05) is 59.8 Å². The van der Waals surface area contributed by atoms with Crippen molar-refractivity contribution in [3.05, 3.63) is 82.1 Å². The predicted molar refractivity (Wildman–Crippen MR) is 128 cm³/mol. The molecule has 0 atom stereocenters. The number of thioether (sulfide) groups is 1. The van der Waals surface area contributed by atoms with Gasteiger partial charge in [0, 0.05) is 5.75 Å². The molecule has 164 valence electrons. The zero-order valence-corrected chi connectivity index (χ0v) is 19.2. The van der Waals surface area contributed by atoms with Crippen LogP contribution in [-0.2, 0) is 5.75 Å². The number of benzene rings is 3. The lowest BCUT2D eigenvalue weighted by atomic mass is 10.2. The molecule has 1 heterocycles. The maximum atomic E-state index is 13.7. The van der Waals surface area contributed by atoms with E-state index in [1.54, 1.807) is 10.6 Å². The number of ether oxygens (including phenoxy) is 3. The second kappa shape index (κ2) is 9.36. The van der Waals surface area contributed by atoms with Crippen LogP contribution in [0.4, 0.5) is 0 Å². The number of hydrogen-bond acceptors (Lipinski definition) is 6. The molecule has 0 fully saturated rings. The normalized spacial score (nSPS) is 10.9. The summed E-state index contributed by atoms with van der Waals surface area (Å²) in [5.74, 6) is 1.86. The van der Waals surface area contributed by atoms with Gasteiger partial charge in [0.15, 0.2) is 16.7 Å². The summed E-state index contributed by atoms with van der Waals surface area (Å²) in [6, 6.07) is 19.4. The maximum absolute atomic E-state index is 13.7. The number of para-hydroxylation sites is 1. The lowest BCUT2D eigenvalue weighted by molar-refractivity contribution is 0.326. The fraction of sp³-hybridized carbons (Fsp3) is 0.200. The number of rotatable bonds is 7. The molecule has 7 heteroatoms. The van der Waals surface area contributed by atoms with Gasteiger partial charge in [-0.3, -0.25) is 9.36 Å². The zero-order chi connectivity index (χ0) is 22.7. The van der Waals surface area contributed by atoms with Crippen molar-refractivity contribution in [3.63, 3.8) is 0 Å². The van der Waals surface area contributed by atoms with E-state index in [1.807, 2.05) is 36.4 Å². The van der Waals surface area contributed by atoms with Gasteiger partial charge < -0.3 is 14.2 Å². The first kappa shape index (κ1) is 21.8. The van der Waals surface area contributed by atoms with Gasteiger partial charge in [0.25, 0.3) is 5.56 Å². The van der Waals surface area contributed by atoms with E-state index in [4.69, 9.17) is 19.2 Å². The van der Waals surface area contributed by atoms with Crippen molar-refractivity contribution in [2.45, 2.75) is 17.8 Å². The monoisotopic (exact) mass is 448 g/mol. The first-order chi connectivity index (χ1) is 15.6. The molecule has 3 aromatic carbocycles. The molecule has 0 aliphatic rings. The molecule has 32 heavy (non-hydrogen) atoms. The van der Waals surface area contributed by atoms with Crippen molar-refractivity contribution >= 4 is 22.7 Å². The van der Waals surface area contributed by atoms with Crippen molar-refractivity contribution in [2.75, 3.05) is 21.3 Å². The van der Waals surface area contributed by atoms with E-state index in [-0.39, 0.29) is 5.56 Å².